The van der Waals surface area contributed by atoms with Crippen LogP contribution in [0.15, 0.2) is 48.8 Å². The van der Waals surface area contributed by atoms with Crippen LogP contribution in [0.25, 0.3) is 10.9 Å². The molecule has 2 aliphatic rings. The average Bonchev–Trinajstić information content (AvgIpc) is 2.76. The lowest BCUT2D eigenvalue weighted by Gasteiger charge is -2.47. The van der Waals surface area contributed by atoms with E-state index in [9.17, 15) is 5.11 Å². The van der Waals surface area contributed by atoms with Crippen LogP contribution in [-0.2, 0) is 5.60 Å². The van der Waals surface area contributed by atoms with Crippen LogP contribution >= 0.6 is 0 Å². The molecule has 2 fully saturated rings. The van der Waals surface area contributed by atoms with E-state index in [4.69, 9.17) is 10.2 Å². The first-order valence-electron chi connectivity index (χ1n) is 9.95. The van der Waals surface area contributed by atoms with Gasteiger partial charge in [-0.25, -0.2) is 9.97 Å². The number of aliphatic hydroxyl groups is 1. The number of piperidine rings is 1. The summed E-state index contributed by atoms with van der Waals surface area (Å²) in [5.74, 6) is 1.69. The molecule has 0 bridgehead atoms. The van der Waals surface area contributed by atoms with E-state index >= 15 is 0 Å². The smallest absolute Gasteiger partial charge is 0.153 e. The van der Waals surface area contributed by atoms with Gasteiger partial charge in [-0.15, -0.1) is 0 Å². The summed E-state index contributed by atoms with van der Waals surface area (Å²) in [4.78, 5) is 18.0. The molecule has 7 nitrogen and oxygen atoms in total. The molecule has 7 heteroatoms. The fourth-order valence-corrected chi connectivity index (χ4v) is 4.24. The summed E-state index contributed by atoms with van der Waals surface area (Å²) >= 11 is 0. The molecule has 0 amide bonds. The Morgan fingerprint density at radius 2 is 1.76 bits per heavy atom. The summed E-state index contributed by atoms with van der Waals surface area (Å²) in [7, 11) is 0. The number of nitriles is 1. The predicted octanol–water partition coefficient (Wildman–Crippen LogP) is 2.47. The van der Waals surface area contributed by atoms with Crippen molar-refractivity contribution in [1.82, 2.24) is 15.0 Å². The maximum absolute atomic E-state index is 11.3. The van der Waals surface area contributed by atoms with Crippen LogP contribution in [0.4, 0.5) is 11.6 Å². The minimum atomic E-state index is -1.05. The third-order valence-corrected chi connectivity index (χ3v) is 5.91. The Morgan fingerprint density at radius 1 is 1.00 bits per heavy atom. The second kappa shape index (κ2) is 6.98. The Balaban J connectivity index is 1.36. The molecule has 29 heavy (non-hydrogen) atoms. The first-order chi connectivity index (χ1) is 14.2. The minimum Gasteiger partial charge on any atom is -0.380 e. The van der Waals surface area contributed by atoms with Gasteiger partial charge in [-0.05, 0) is 31.0 Å². The molecule has 2 aliphatic heterocycles. The van der Waals surface area contributed by atoms with Gasteiger partial charge in [0.2, 0.25) is 0 Å². The molecule has 0 saturated carbocycles. The molecular formula is C22H22N6O. The Morgan fingerprint density at radius 3 is 2.55 bits per heavy atom. The second-order valence-corrected chi connectivity index (χ2v) is 7.87. The largest absolute Gasteiger partial charge is 0.380 e. The van der Waals surface area contributed by atoms with E-state index in [-0.39, 0.29) is 5.92 Å². The van der Waals surface area contributed by atoms with Crippen LogP contribution in [0.1, 0.15) is 18.5 Å². The highest BCUT2D eigenvalue weighted by molar-refractivity contribution is 5.80. The number of fused-ring (bicyclic) bond motifs is 1. The molecule has 0 aliphatic carbocycles. The molecule has 146 valence electrons. The van der Waals surface area contributed by atoms with Gasteiger partial charge >= 0.3 is 0 Å². The Labute approximate surface area is 169 Å². The number of aromatic nitrogens is 3. The van der Waals surface area contributed by atoms with E-state index in [0.29, 0.717) is 18.8 Å². The van der Waals surface area contributed by atoms with E-state index in [2.05, 4.69) is 31.9 Å². The number of nitrogens with zero attached hydrogens (tertiary/aromatic N) is 6. The van der Waals surface area contributed by atoms with Crippen molar-refractivity contribution in [3.63, 3.8) is 0 Å². The van der Waals surface area contributed by atoms with Gasteiger partial charge in [-0.3, -0.25) is 4.98 Å². The summed E-state index contributed by atoms with van der Waals surface area (Å²) in [5, 5.41) is 21.5. The number of anilines is 2. The first kappa shape index (κ1) is 17.8. The number of hydrogen-bond donors (Lipinski definition) is 1. The summed E-state index contributed by atoms with van der Waals surface area (Å²) in [6.45, 7) is 2.38. The lowest BCUT2D eigenvalue weighted by molar-refractivity contribution is 0.00307. The highest BCUT2D eigenvalue weighted by atomic mass is 16.3. The van der Waals surface area contributed by atoms with Crippen LogP contribution in [0.3, 0.4) is 0 Å². The number of benzene rings is 1. The van der Waals surface area contributed by atoms with E-state index in [1.54, 1.807) is 12.4 Å². The zero-order valence-corrected chi connectivity index (χ0v) is 16.1. The first-order valence-corrected chi connectivity index (χ1v) is 9.95. The van der Waals surface area contributed by atoms with Crippen molar-refractivity contribution in [1.29, 1.82) is 5.26 Å². The van der Waals surface area contributed by atoms with E-state index < -0.39 is 5.60 Å². The molecule has 2 saturated heterocycles. The highest BCUT2D eigenvalue weighted by Gasteiger charge is 2.47. The van der Waals surface area contributed by atoms with Crippen LogP contribution in [0.2, 0.25) is 0 Å². The maximum atomic E-state index is 11.3. The van der Waals surface area contributed by atoms with Crippen LogP contribution in [0, 0.1) is 17.2 Å². The number of rotatable bonds is 3. The third-order valence-electron chi connectivity index (χ3n) is 5.91. The van der Waals surface area contributed by atoms with Crippen molar-refractivity contribution in [2.75, 3.05) is 36.0 Å². The zero-order valence-electron chi connectivity index (χ0n) is 16.1. The molecule has 0 atom stereocenters. The van der Waals surface area contributed by atoms with Gasteiger partial charge in [0.15, 0.2) is 5.82 Å². The summed E-state index contributed by atoms with van der Waals surface area (Å²) in [5.41, 5.74) is 0.511. The SMILES string of the molecule is N#CC1CCN(c2nccnc2C2(O)CN(c3ccc4ccccc4n3)C2)CC1. The number of pyridine rings is 1. The van der Waals surface area contributed by atoms with E-state index in [1.807, 2.05) is 30.3 Å². The van der Waals surface area contributed by atoms with Gasteiger partial charge < -0.3 is 14.9 Å². The lowest BCUT2D eigenvalue weighted by atomic mass is 9.89. The number of β-amino-alcohol motifs (C(OH)–C–C–N with tert-alkyl or cyclic N) is 1. The fourth-order valence-electron chi connectivity index (χ4n) is 4.24. The Hall–Kier alpha value is -3.24. The molecular weight excluding hydrogens is 364 g/mol. The van der Waals surface area contributed by atoms with E-state index in [1.165, 1.54) is 0 Å². The van der Waals surface area contributed by atoms with Gasteiger partial charge in [0, 0.05) is 36.8 Å². The normalized spacial score (nSPS) is 19.0. The molecule has 5 rings (SSSR count). The molecule has 1 aromatic carbocycles. The maximum Gasteiger partial charge on any atom is 0.153 e. The second-order valence-electron chi connectivity index (χ2n) is 7.87. The summed E-state index contributed by atoms with van der Waals surface area (Å²) < 4.78 is 0. The van der Waals surface area contributed by atoms with Gasteiger partial charge in [-0.2, -0.15) is 5.26 Å². The van der Waals surface area contributed by atoms with Gasteiger partial charge in [-0.1, -0.05) is 18.2 Å². The van der Waals surface area contributed by atoms with Gasteiger partial charge in [0.05, 0.1) is 24.7 Å². The fraction of sp³-hybridized carbons (Fsp3) is 0.364. The summed E-state index contributed by atoms with van der Waals surface area (Å²) in [6, 6.07) is 14.4. The van der Waals surface area contributed by atoms with Crippen molar-refractivity contribution in [3.8, 4) is 6.07 Å². The Bertz CT molecular complexity index is 1080. The average molecular weight is 386 g/mol. The molecule has 2 aromatic heterocycles. The Kier molecular flexibility index (Phi) is 4.29. The van der Waals surface area contributed by atoms with Crippen LogP contribution < -0.4 is 9.80 Å². The zero-order chi connectivity index (χ0) is 19.8. The van der Waals surface area contributed by atoms with Crippen LogP contribution in [0.5, 0.6) is 0 Å². The summed E-state index contributed by atoms with van der Waals surface area (Å²) in [6.07, 6.45) is 4.94. The minimum absolute atomic E-state index is 0.104. The lowest BCUT2D eigenvalue weighted by Crippen LogP contribution is -2.60. The van der Waals surface area contributed by atoms with Crippen molar-refractivity contribution >= 4 is 22.5 Å². The van der Waals surface area contributed by atoms with Gasteiger partial charge in [0.25, 0.3) is 0 Å². The molecule has 0 spiro atoms. The van der Waals surface area contributed by atoms with Crippen molar-refractivity contribution in [3.05, 3.63) is 54.5 Å². The third kappa shape index (κ3) is 3.15. The topological polar surface area (TPSA) is 89.2 Å². The van der Waals surface area contributed by atoms with Crippen molar-refractivity contribution in [2.45, 2.75) is 18.4 Å². The van der Waals surface area contributed by atoms with Crippen LogP contribution in [-0.4, -0.2) is 46.2 Å². The van der Waals surface area contributed by atoms with E-state index in [0.717, 1.165) is 48.5 Å². The van der Waals surface area contributed by atoms with Crippen molar-refractivity contribution in [2.24, 2.45) is 5.92 Å². The standard InChI is InChI=1S/C22H22N6O/c23-13-16-7-11-27(12-8-16)21-20(24-9-10-25-21)22(29)14-28(15-22)19-6-5-17-3-1-2-4-18(17)26-19/h1-6,9-10,16,29H,7-8,11-12,14-15H2. The molecule has 0 radical (unpaired) electrons. The number of hydrogen-bond acceptors (Lipinski definition) is 7. The molecule has 1 N–H and O–H groups in total. The number of para-hydroxylation sites is 1. The van der Waals surface area contributed by atoms with Gasteiger partial charge in [0.1, 0.15) is 17.1 Å². The predicted molar refractivity (Wildman–Crippen MR) is 110 cm³/mol. The highest BCUT2D eigenvalue weighted by Crippen LogP contribution is 2.38. The van der Waals surface area contributed by atoms with Crippen molar-refractivity contribution < 1.29 is 5.11 Å². The molecule has 3 aromatic rings. The molecule has 4 heterocycles. The molecule has 0 unspecified atom stereocenters. The quantitative estimate of drug-likeness (QED) is 0.740. The monoisotopic (exact) mass is 386 g/mol.